The molecule has 0 fully saturated rings. The number of rotatable bonds is 6. The molecule has 0 aromatic heterocycles. The number of hydrogen-bond donors (Lipinski definition) is 0. The quantitative estimate of drug-likeness (QED) is 0.610. The second kappa shape index (κ2) is 6.02. The highest BCUT2D eigenvalue weighted by atomic mass is 14.1. The van der Waals surface area contributed by atoms with Crippen molar-refractivity contribution < 1.29 is 0 Å². The molecule has 0 amide bonds. The summed E-state index contributed by atoms with van der Waals surface area (Å²) in [6.07, 6.45) is 8.44. The molecule has 1 radical (unpaired) electrons. The Labute approximate surface area is 92.6 Å². The third-order valence-corrected chi connectivity index (χ3v) is 2.36. The van der Waals surface area contributed by atoms with Crippen molar-refractivity contribution in [2.75, 3.05) is 0 Å². The summed E-state index contributed by atoms with van der Waals surface area (Å²) in [6.45, 7) is 11.3. The Bertz CT molecular complexity index is 330. The van der Waals surface area contributed by atoms with E-state index in [9.17, 15) is 0 Å². The SMILES string of the molecule is C=CCc1[c]ccc(CC=C)c1CC=C. The molecule has 0 heteroatoms. The van der Waals surface area contributed by atoms with Crippen LogP contribution in [0.25, 0.3) is 0 Å². The lowest BCUT2D eigenvalue weighted by Crippen LogP contribution is -1.98. The van der Waals surface area contributed by atoms with Crippen molar-refractivity contribution in [1.29, 1.82) is 0 Å². The second-order valence-electron chi connectivity index (χ2n) is 3.44. The van der Waals surface area contributed by atoms with E-state index in [1.807, 2.05) is 24.3 Å². The zero-order chi connectivity index (χ0) is 11.1. The Morgan fingerprint density at radius 2 is 1.67 bits per heavy atom. The summed E-state index contributed by atoms with van der Waals surface area (Å²) in [5.74, 6) is 0. The molecule has 0 aliphatic heterocycles. The van der Waals surface area contributed by atoms with E-state index in [0.717, 1.165) is 19.3 Å². The topological polar surface area (TPSA) is 0 Å². The van der Waals surface area contributed by atoms with Gasteiger partial charge in [0.2, 0.25) is 0 Å². The van der Waals surface area contributed by atoms with E-state index in [-0.39, 0.29) is 0 Å². The minimum Gasteiger partial charge on any atom is -0.103 e. The summed E-state index contributed by atoms with van der Waals surface area (Å²) in [4.78, 5) is 0. The molecule has 0 heterocycles. The largest absolute Gasteiger partial charge is 0.103 e. The van der Waals surface area contributed by atoms with E-state index in [1.54, 1.807) is 0 Å². The van der Waals surface area contributed by atoms with Crippen LogP contribution >= 0.6 is 0 Å². The van der Waals surface area contributed by atoms with Gasteiger partial charge in [-0.15, -0.1) is 19.7 Å². The molecule has 1 rings (SSSR count). The predicted octanol–water partition coefficient (Wildman–Crippen LogP) is 3.67. The van der Waals surface area contributed by atoms with Crippen molar-refractivity contribution in [3.05, 3.63) is 72.9 Å². The average molecular weight is 197 g/mol. The smallest absolute Gasteiger partial charge is 0.00910 e. The fourth-order valence-electron chi connectivity index (χ4n) is 1.70. The van der Waals surface area contributed by atoms with Crippen LogP contribution in [0.2, 0.25) is 0 Å². The van der Waals surface area contributed by atoms with Crippen LogP contribution in [0.4, 0.5) is 0 Å². The maximum absolute atomic E-state index is 3.79. The molecule has 0 bridgehead atoms. The van der Waals surface area contributed by atoms with Gasteiger partial charge in [0.25, 0.3) is 0 Å². The van der Waals surface area contributed by atoms with Gasteiger partial charge in [-0.3, -0.25) is 0 Å². The van der Waals surface area contributed by atoms with Crippen molar-refractivity contribution >= 4 is 0 Å². The first-order chi connectivity index (χ1) is 7.33. The summed E-state index contributed by atoms with van der Waals surface area (Å²) >= 11 is 0. The first kappa shape index (κ1) is 11.5. The fourth-order valence-corrected chi connectivity index (χ4v) is 1.70. The van der Waals surface area contributed by atoms with Gasteiger partial charge >= 0.3 is 0 Å². The van der Waals surface area contributed by atoms with Gasteiger partial charge in [-0.2, -0.15) is 0 Å². The minimum absolute atomic E-state index is 0.869. The molecular formula is C15H17. The first-order valence-corrected chi connectivity index (χ1v) is 5.17. The molecule has 1 aromatic rings. The van der Waals surface area contributed by atoms with Crippen LogP contribution in [-0.4, -0.2) is 0 Å². The Kier molecular flexibility index (Phi) is 4.62. The van der Waals surface area contributed by atoms with E-state index < -0.39 is 0 Å². The van der Waals surface area contributed by atoms with Crippen molar-refractivity contribution in [2.45, 2.75) is 19.3 Å². The first-order valence-electron chi connectivity index (χ1n) is 5.17. The summed E-state index contributed by atoms with van der Waals surface area (Å²) in [7, 11) is 0. The Morgan fingerprint density at radius 3 is 2.27 bits per heavy atom. The standard InChI is InChI=1S/C15H17/c1-4-8-13-11-7-12-14(9-5-2)15(13)10-6-3/h4-7,11H,1-3,8-10H2. The maximum Gasteiger partial charge on any atom is -0.00910 e. The lowest BCUT2D eigenvalue weighted by molar-refractivity contribution is 1.08. The summed E-state index contributed by atoms with van der Waals surface area (Å²) in [6, 6.07) is 7.35. The van der Waals surface area contributed by atoms with E-state index in [1.165, 1.54) is 16.7 Å². The summed E-state index contributed by atoms with van der Waals surface area (Å²) < 4.78 is 0. The number of hydrogen-bond acceptors (Lipinski definition) is 0. The molecule has 0 aliphatic rings. The average Bonchev–Trinajstić information content (AvgIpc) is 2.23. The van der Waals surface area contributed by atoms with Crippen LogP contribution in [0.15, 0.2) is 50.1 Å². The number of allylic oxidation sites excluding steroid dienone is 3. The van der Waals surface area contributed by atoms with Gasteiger partial charge in [0.1, 0.15) is 0 Å². The van der Waals surface area contributed by atoms with E-state index >= 15 is 0 Å². The molecule has 0 saturated heterocycles. The zero-order valence-electron chi connectivity index (χ0n) is 9.13. The van der Waals surface area contributed by atoms with Crippen LogP contribution in [-0.2, 0) is 19.3 Å². The number of benzene rings is 1. The van der Waals surface area contributed by atoms with Crippen LogP contribution in [0, 0.1) is 6.07 Å². The monoisotopic (exact) mass is 197 g/mol. The van der Waals surface area contributed by atoms with Gasteiger partial charge in [-0.25, -0.2) is 0 Å². The minimum atomic E-state index is 0.869. The van der Waals surface area contributed by atoms with Crippen LogP contribution < -0.4 is 0 Å². The molecule has 1 aromatic carbocycles. The summed E-state index contributed by atoms with van der Waals surface area (Å²) in [5.41, 5.74) is 3.87. The van der Waals surface area contributed by atoms with Gasteiger partial charge in [0.05, 0.1) is 0 Å². The van der Waals surface area contributed by atoms with Crippen LogP contribution in [0.3, 0.4) is 0 Å². The third-order valence-electron chi connectivity index (χ3n) is 2.36. The highest BCUT2D eigenvalue weighted by Crippen LogP contribution is 2.17. The van der Waals surface area contributed by atoms with Crippen LogP contribution in [0.1, 0.15) is 16.7 Å². The zero-order valence-corrected chi connectivity index (χ0v) is 9.13. The molecule has 0 N–H and O–H groups in total. The van der Waals surface area contributed by atoms with E-state index in [0.29, 0.717) is 0 Å². The molecule has 0 spiro atoms. The van der Waals surface area contributed by atoms with Gasteiger partial charge in [0.15, 0.2) is 0 Å². The van der Waals surface area contributed by atoms with Gasteiger partial charge in [-0.05, 0) is 42.0 Å². The molecule has 0 atom stereocenters. The van der Waals surface area contributed by atoms with Crippen molar-refractivity contribution in [1.82, 2.24) is 0 Å². The molecule has 0 unspecified atom stereocenters. The molecule has 0 saturated carbocycles. The Balaban J connectivity index is 3.13. The molecule has 15 heavy (non-hydrogen) atoms. The highest BCUT2D eigenvalue weighted by Gasteiger charge is 2.04. The van der Waals surface area contributed by atoms with Gasteiger partial charge in [0, 0.05) is 0 Å². The van der Waals surface area contributed by atoms with Crippen molar-refractivity contribution in [3.63, 3.8) is 0 Å². The Morgan fingerprint density at radius 1 is 1.00 bits per heavy atom. The molecule has 77 valence electrons. The third kappa shape index (κ3) is 2.95. The van der Waals surface area contributed by atoms with Crippen molar-refractivity contribution in [3.8, 4) is 0 Å². The second-order valence-corrected chi connectivity index (χ2v) is 3.44. The highest BCUT2D eigenvalue weighted by molar-refractivity contribution is 5.38. The molecular weight excluding hydrogens is 180 g/mol. The maximum atomic E-state index is 3.79. The predicted molar refractivity (Wildman–Crippen MR) is 67.0 cm³/mol. The molecule has 0 nitrogen and oxygen atoms in total. The van der Waals surface area contributed by atoms with Crippen LogP contribution in [0.5, 0.6) is 0 Å². The van der Waals surface area contributed by atoms with Gasteiger partial charge < -0.3 is 0 Å². The Hall–Kier alpha value is -1.56. The fraction of sp³-hybridized carbons (Fsp3) is 0.200. The van der Waals surface area contributed by atoms with Gasteiger partial charge in [-0.1, -0.05) is 30.4 Å². The lowest BCUT2D eigenvalue weighted by Gasteiger charge is -2.10. The van der Waals surface area contributed by atoms with E-state index in [4.69, 9.17) is 0 Å². The van der Waals surface area contributed by atoms with E-state index in [2.05, 4.69) is 31.9 Å². The normalized spacial score (nSPS) is 9.60. The summed E-state index contributed by atoms with van der Waals surface area (Å²) in [5, 5.41) is 0. The molecule has 0 aliphatic carbocycles. The lowest BCUT2D eigenvalue weighted by atomic mass is 9.94. The van der Waals surface area contributed by atoms with Crippen molar-refractivity contribution in [2.24, 2.45) is 0 Å².